The van der Waals surface area contributed by atoms with Gasteiger partial charge in [-0.1, -0.05) is 12.1 Å². The Hall–Kier alpha value is -2.48. The average Bonchev–Trinajstić information content (AvgIpc) is 3.55. The molecule has 0 unspecified atom stereocenters. The van der Waals surface area contributed by atoms with Gasteiger partial charge in [0.15, 0.2) is 0 Å². The van der Waals surface area contributed by atoms with Crippen molar-refractivity contribution >= 4 is 11.5 Å². The highest BCUT2D eigenvalue weighted by Gasteiger charge is 2.34. The third-order valence-electron chi connectivity index (χ3n) is 7.04. The van der Waals surface area contributed by atoms with Crippen molar-refractivity contribution in [3.8, 4) is 0 Å². The van der Waals surface area contributed by atoms with Gasteiger partial charge in [0.1, 0.15) is 11.5 Å². The number of hydrogen-bond acceptors (Lipinski definition) is 6. The van der Waals surface area contributed by atoms with Crippen LogP contribution in [0.4, 0.5) is 5.82 Å². The largest absolute Gasteiger partial charge is 0.378 e. The highest BCUT2D eigenvalue weighted by atomic mass is 16.5. The monoisotopic (exact) mass is 432 g/mol. The zero-order valence-corrected chi connectivity index (χ0v) is 18.6. The Morgan fingerprint density at radius 3 is 2.69 bits per heavy atom. The average molecular weight is 433 g/mol. The number of imidazole rings is 1. The van der Waals surface area contributed by atoms with E-state index < -0.39 is 0 Å². The van der Waals surface area contributed by atoms with Crippen molar-refractivity contribution < 1.29 is 4.74 Å². The molecule has 0 amide bonds. The van der Waals surface area contributed by atoms with Crippen molar-refractivity contribution in [2.24, 2.45) is 5.92 Å². The van der Waals surface area contributed by atoms with Crippen LogP contribution in [0.3, 0.4) is 0 Å². The van der Waals surface area contributed by atoms with Crippen molar-refractivity contribution in [2.75, 3.05) is 57.4 Å². The molecule has 1 aliphatic carbocycles. The molecule has 3 aromatic heterocycles. The number of morpholine rings is 1. The Morgan fingerprint density at radius 1 is 0.969 bits per heavy atom. The van der Waals surface area contributed by atoms with Gasteiger partial charge in [0.25, 0.3) is 0 Å². The third kappa shape index (κ3) is 4.25. The van der Waals surface area contributed by atoms with Crippen molar-refractivity contribution in [2.45, 2.75) is 25.4 Å². The smallest absolute Gasteiger partial charge is 0.138 e. The number of anilines is 1. The molecule has 0 N–H and O–H groups in total. The summed E-state index contributed by atoms with van der Waals surface area (Å²) in [7, 11) is 0. The number of fused-ring (bicyclic) bond motifs is 1. The number of piperazine rings is 1. The number of nitrogens with zero attached hydrogens (tertiary/aromatic N) is 6. The normalized spacial score (nSPS) is 23.1. The Labute approximate surface area is 189 Å². The quantitative estimate of drug-likeness (QED) is 0.597. The fraction of sp³-hybridized carbons (Fsp3) is 0.520. The van der Waals surface area contributed by atoms with E-state index in [1.807, 2.05) is 12.3 Å². The van der Waals surface area contributed by atoms with Crippen molar-refractivity contribution in [3.05, 3.63) is 60.2 Å². The molecule has 0 aromatic carbocycles. The number of aromatic nitrogens is 3. The minimum absolute atomic E-state index is 0.325. The Morgan fingerprint density at radius 2 is 1.88 bits per heavy atom. The molecule has 3 aromatic rings. The molecule has 2 aliphatic heterocycles. The van der Waals surface area contributed by atoms with Gasteiger partial charge in [-0.2, -0.15) is 0 Å². The van der Waals surface area contributed by atoms with Crippen LogP contribution in [0.5, 0.6) is 0 Å². The van der Waals surface area contributed by atoms with Gasteiger partial charge in [0.05, 0.1) is 30.6 Å². The lowest BCUT2D eigenvalue weighted by atomic mass is 10.1. The highest BCUT2D eigenvalue weighted by Crippen LogP contribution is 2.35. The number of rotatable bonds is 6. The third-order valence-corrected chi connectivity index (χ3v) is 7.04. The predicted octanol–water partition coefficient (Wildman–Crippen LogP) is 2.83. The first-order valence-corrected chi connectivity index (χ1v) is 12.0. The minimum atomic E-state index is 0.325. The SMILES string of the molecule is c1ccc(CN2CCN(CC3CC3)[C@H](c3cn4c(N5CCOCC5)cccc4n3)C2)nc1. The summed E-state index contributed by atoms with van der Waals surface area (Å²) >= 11 is 0. The van der Waals surface area contributed by atoms with E-state index >= 15 is 0 Å². The minimum Gasteiger partial charge on any atom is -0.378 e. The molecule has 2 saturated heterocycles. The fourth-order valence-corrected chi connectivity index (χ4v) is 5.10. The second-order valence-corrected chi connectivity index (χ2v) is 9.39. The molecule has 3 aliphatic rings. The predicted molar refractivity (Wildman–Crippen MR) is 125 cm³/mol. The van der Waals surface area contributed by atoms with Crippen molar-refractivity contribution in [1.82, 2.24) is 24.2 Å². The molecule has 1 atom stereocenters. The molecule has 168 valence electrons. The van der Waals surface area contributed by atoms with Gasteiger partial charge in [0.2, 0.25) is 0 Å². The van der Waals surface area contributed by atoms with E-state index in [1.165, 1.54) is 30.9 Å². The van der Waals surface area contributed by atoms with Gasteiger partial charge in [-0.25, -0.2) is 4.98 Å². The Balaban J connectivity index is 1.29. The number of pyridine rings is 2. The maximum atomic E-state index is 5.57. The number of hydrogen-bond donors (Lipinski definition) is 0. The fourth-order valence-electron chi connectivity index (χ4n) is 5.10. The molecule has 0 radical (unpaired) electrons. The van der Waals surface area contributed by atoms with E-state index in [2.05, 4.69) is 60.6 Å². The first-order chi connectivity index (χ1) is 15.8. The van der Waals surface area contributed by atoms with Gasteiger partial charge in [0, 0.05) is 58.2 Å². The molecule has 5 heterocycles. The summed E-state index contributed by atoms with van der Waals surface area (Å²) < 4.78 is 7.85. The zero-order valence-electron chi connectivity index (χ0n) is 18.6. The topological polar surface area (TPSA) is 49.1 Å². The molecule has 7 nitrogen and oxygen atoms in total. The molecule has 0 spiro atoms. The van der Waals surface area contributed by atoms with Gasteiger partial charge in [-0.3, -0.25) is 19.2 Å². The van der Waals surface area contributed by atoms with Crippen LogP contribution in [0.15, 0.2) is 48.8 Å². The molecule has 1 saturated carbocycles. The van der Waals surface area contributed by atoms with Crippen LogP contribution in [0.1, 0.15) is 30.3 Å². The van der Waals surface area contributed by atoms with E-state index in [-0.39, 0.29) is 0 Å². The summed E-state index contributed by atoms with van der Waals surface area (Å²) in [5, 5.41) is 0. The van der Waals surface area contributed by atoms with Crippen molar-refractivity contribution in [3.63, 3.8) is 0 Å². The van der Waals surface area contributed by atoms with E-state index in [1.54, 1.807) is 0 Å². The second kappa shape index (κ2) is 8.81. The Bertz CT molecular complexity index is 1040. The second-order valence-electron chi connectivity index (χ2n) is 9.39. The number of ether oxygens (including phenoxy) is 1. The summed E-state index contributed by atoms with van der Waals surface area (Å²) in [5.41, 5.74) is 3.38. The van der Waals surface area contributed by atoms with E-state index in [0.29, 0.717) is 6.04 Å². The molecule has 0 bridgehead atoms. The lowest BCUT2D eigenvalue weighted by Crippen LogP contribution is -2.48. The van der Waals surface area contributed by atoms with Gasteiger partial charge in [-0.05, 0) is 43.0 Å². The molecule has 6 rings (SSSR count). The lowest BCUT2D eigenvalue weighted by molar-refractivity contribution is 0.0633. The molecular weight excluding hydrogens is 400 g/mol. The zero-order chi connectivity index (χ0) is 21.3. The van der Waals surface area contributed by atoms with Crippen LogP contribution in [0.25, 0.3) is 5.65 Å². The maximum absolute atomic E-state index is 5.57. The van der Waals surface area contributed by atoms with Gasteiger partial charge >= 0.3 is 0 Å². The maximum Gasteiger partial charge on any atom is 0.138 e. The standard InChI is InChI=1S/C25H32N6O/c1-2-9-26-21(4-1)17-28-10-11-30(16-20-7-8-20)23(19-28)22-18-31-24(27-22)5-3-6-25(31)29-12-14-32-15-13-29/h1-6,9,18,20,23H,7-8,10-17,19H2/t23-/m0/s1. The Kier molecular flexibility index (Phi) is 5.55. The summed E-state index contributed by atoms with van der Waals surface area (Å²) in [6.45, 7) is 8.73. The van der Waals surface area contributed by atoms with Gasteiger partial charge in [-0.15, -0.1) is 0 Å². The first kappa shape index (κ1) is 20.1. The van der Waals surface area contributed by atoms with Crippen molar-refractivity contribution in [1.29, 1.82) is 0 Å². The van der Waals surface area contributed by atoms with Crippen LogP contribution in [-0.4, -0.2) is 76.7 Å². The molecule has 3 fully saturated rings. The van der Waals surface area contributed by atoms with E-state index in [9.17, 15) is 0 Å². The summed E-state index contributed by atoms with van der Waals surface area (Å²) in [5.74, 6) is 2.10. The van der Waals surface area contributed by atoms with E-state index in [4.69, 9.17) is 9.72 Å². The van der Waals surface area contributed by atoms with Gasteiger partial charge < -0.3 is 9.64 Å². The van der Waals surface area contributed by atoms with Crippen LogP contribution in [-0.2, 0) is 11.3 Å². The lowest BCUT2D eigenvalue weighted by Gasteiger charge is -2.40. The van der Waals surface area contributed by atoms with Crippen LogP contribution in [0.2, 0.25) is 0 Å². The molecule has 32 heavy (non-hydrogen) atoms. The van der Waals surface area contributed by atoms with Crippen LogP contribution in [0, 0.1) is 5.92 Å². The molecular formula is C25H32N6O. The highest BCUT2D eigenvalue weighted by molar-refractivity contribution is 5.53. The summed E-state index contributed by atoms with van der Waals surface area (Å²) in [6.07, 6.45) is 6.95. The van der Waals surface area contributed by atoms with E-state index in [0.717, 1.165) is 69.7 Å². The first-order valence-electron chi connectivity index (χ1n) is 12.0. The molecule has 7 heteroatoms. The van der Waals surface area contributed by atoms with Crippen LogP contribution >= 0.6 is 0 Å². The summed E-state index contributed by atoms with van der Waals surface area (Å²) in [4.78, 5) is 17.3. The summed E-state index contributed by atoms with van der Waals surface area (Å²) in [6, 6.07) is 13.0. The van der Waals surface area contributed by atoms with Crippen LogP contribution < -0.4 is 4.90 Å².